The summed E-state index contributed by atoms with van der Waals surface area (Å²) in [5.74, 6) is 0.732. The molecule has 3 aromatic rings. The molecule has 3 amide bonds. The third kappa shape index (κ3) is 4.04. The van der Waals surface area contributed by atoms with Gasteiger partial charge < -0.3 is 9.15 Å². The number of methoxy groups -OCH3 is 1. The van der Waals surface area contributed by atoms with E-state index in [4.69, 9.17) is 14.0 Å². The van der Waals surface area contributed by atoms with Crippen LogP contribution in [0, 0.1) is 0 Å². The van der Waals surface area contributed by atoms with Crippen molar-refractivity contribution in [2.75, 3.05) is 25.7 Å². The molecule has 1 saturated heterocycles. The summed E-state index contributed by atoms with van der Waals surface area (Å²) in [5, 5.41) is 2.38. The lowest BCUT2D eigenvalue weighted by atomic mass is 9.84. The van der Waals surface area contributed by atoms with Crippen LogP contribution in [0.1, 0.15) is 32.8 Å². The number of nitrogens with one attached hydrogen (secondary N) is 1. The quantitative estimate of drug-likeness (QED) is 0.467. The molecule has 9 nitrogen and oxygen atoms in total. The first-order valence-electron chi connectivity index (χ1n) is 10.3. The van der Waals surface area contributed by atoms with Gasteiger partial charge in [-0.1, -0.05) is 20.8 Å². The zero-order valence-electron chi connectivity index (χ0n) is 18.8. The normalized spacial score (nSPS) is 14.7. The van der Waals surface area contributed by atoms with E-state index in [1.165, 1.54) is 0 Å². The van der Waals surface area contributed by atoms with Crippen LogP contribution in [-0.2, 0) is 15.0 Å². The highest BCUT2D eigenvalue weighted by Gasteiger charge is 2.30. The van der Waals surface area contributed by atoms with E-state index >= 15 is 0 Å². The maximum absolute atomic E-state index is 12.5. The molecule has 4 rings (SSSR count). The fourth-order valence-corrected chi connectivity index (χ4v) is 3.78. The number of amides is 3. The highest BCUT2D eigenvalue weighted by Crippen LogP contribution is 2.43. The van der Waals surface area contributed by atoms with Crippen LogP contribution in [-0.4, -0.2) is 37.7 Å². The summed E-state index contributed by atoms with van der Waals surface area (Å²) in [5.41, 5.74) is 5.67. The molecule has 0 radical (unpaired) electrons. The van der Waals surface area contributed by atoms with Crippen molar-refractivity contribution >= 4 is 34.4 Å². The minimum absolute atomic E-state index is 0.236. The highest BCUT2D eigenvalue weighted by molar-refractivity contribution is 6.06. The molecule has 1 aliphatic heterocycles. The van der Waals surface area contributed by atoms with Crippen molar-refractivity contribution in [2.24, 2.45) is 0 Å². The zero-order valence-corrected chi connectivity index (χ0v) is 18.8. The Bertz CT molecular complexity index is 1200. The molecule has 2 heterocycles. The fraction of sp³-hybridized carbons (Fsp3) is 0.348. The summed E-state index contributed by atoms with van der Waals surface area (Å²) in [6.45, 7) is 6.50. The van der Waals surface area contributed by atoms with Gasteiger partial charge in [0, 0.05) is 36.3 Å². The van der Waals surface area contributed by atoms with Gasteiger partial charge in [0.15, 0.2) is 11.3 Å². The van der Waals surface area contributed by atoms with Gasteiger partial charge in [-0.3, -0.25) is 15.0 Å². The van der Waals surface area contributed by atoms with Gasteiger partial charge in [-0.05, 0) is 23.6 Å². The highest BCUT2D eigenvalue weighted by atomic mass is 16.6. The van der Waals surface area contributed by atoms with Gasteiger partial charge in [0.05, 0.1) is 19.8 Å². The lowest BCUT2D eigenvalue weighted by Gasteiger charge is -2.30. The van der Waals surface area contributed by atoms with E-state index in [1.54, 1.807) is 24.6 Å². The standard InChI is InChI=1S/C23H26N4O5/c1-23(2,3)16-12-14(27-9-8-19(28)25-22(27)29)11-15(20(16)30-4)21-24-17-7-6-13(26-31-5)10-18(17)32-21/h6-7,10-12,26H,8-9H2,1-5H3,(H,25,28,29)/p+1. The van der Waals surface area contributed by atoms with E-state index in [2.05, 4.69) is 31.1 Å². The molecule has 1 aromatic heterocycles. The predicted molar refractivity (Wildman–Crippen MR) is 119 cm³/mol. The molecule has 2 aromatic carbocycles. The molecular formula is C23H27N4O5+. The van der Waals surface area contributed by atoms with Crippen molar-refractivity contribution in [2.45, 2.75) is 32.6 Å². The zero-order chi connectivity index (χ0) is 23.0. The number of carbonyl (C=O) groups excluding carboxylic acids is 2. The summed E-state index contributed by atoms with van der Waals surface area (Å²) in [6.07, 6.45) is 0.236. The van der Waals surface area contributed by atoms with Crippen molar-refractivity contribution in [3.63, 3.8) is 0 Å². The Labute approximate surface area is 185 Å². The second-order valence-electron chi connectivity index (χ2n) is 8.68. The Kier molecular flexibility index (Phi) is 5.62. The van der Waals surface area contributed by atoms with Crippen LogP contribution in [0.25, 0.3) is 22.6 Å². The summed E-state index contributed by atoms with van der Waals surface area (Å²) >= 11 is 0. The number of carbonyl (C=O) groups is 2. The van der Waals surface area contributed by atoms with Crippen LogP contribution in [0.4, 0.5) is 16.2 Å². The third-order valence-electron chi connectivity index (χ3n) is 5.35. The second-order valence-corrected chi connectivity index (χ2v) is 8.68. The first-order valence-corrected chi connectivity index (χ1v) is 10.3. The molecule has 168 valence electrons. The molecule has 0 atom stereocenters. The second kappa shape index (κ2) is 8.25. The monoisotopic (exact) mass is 439 g/mol. The Hall–Kier alpha value is -3.43. The van der Waals surface area contributed by atoms with Crippen LogP contribution in [0.3, 0.4) is 0 Å². The lowest BCUT2D eigenvalue weighted by molar-refractivity contribution is -0.830. The van der Waals surface area contributed by atoms with Gasteiger partial charge >= 0.3 is 6.03 Å². The molecular weight excluding hydrogens is 412 g/mol. The molecule has 0 spiro atoms. The summed E-state index contributed by atoms with van der Waals surface area (Å²) < 4.78 is 11.9. The minimum Gasteiger partial charge on any atom is -0.496 e. The van der Waals surface area contributed by atoms with Gasteiger partial charge in [0.25, 0.3) is 0 Å². The number of ether oxygens (including phenoxy) is 1. The number of aromatic nitrogens is 1. The number of hydrogen-bond acceptors (Lipinski definition) is 6. The minimum atomic E-state index is -0.450. The third-order valence-corrected chi connectivity index (χ3v) is 5.35. The van der Waals surface area contributed by atoms with Crippen LogP contribution in [0.5, 0.6) is 5.75 Å². The van der Waals surface area contributed by atoms with Gasteiger partial charge in [-0.2, -0.15) is 5.48 Å². The average Bonchev–Trinajstić information content (AvgIpc) is 3.15. The largest absolute Gasteiger partial charge is 0.496 e. The lowest BCUT2D eigenvalue weighted by Crippen LogP contribution is -2.75. The van der Waals surface area contributed by atoms with E-state index < -0.39 is 6.03 Å². The van der Waals surface area contributed by atoms with Gasteiger partial charge in [-0.25, -0.2) is 14.6 Å². The van der Waals surface area contributed by atoms with Crippen molar-refractivity contribution in [3.05, 3.63) is 35.9 Å². The Morgan fingerprint density at radius 2 is 1.94 bits per heavy atom. The van der Waals surface area contributed by atoms with E-state index in [0.29, 0.717) is 40.5 Å². The molecule has 1 aliphatic rings. The number of hydrogen-bond donors (Lipinski definition) is 2. The van der Waals surface area contributed by atoms with Crippen LogP contribution < -0.4 is 20.4 Å². The Morgan fingerprint density at radius 1 is 1.16 bits per heavy atom. The topological polar surface area (TPSA) is 111 Å². The number of anilines is 1. The summed E-state index contributed by atoms with van der Waals surface area (Å²) in [4.78, 5) is 35.4. The number of benzene rings is 2. The van der Waals surface area contributed by atoms with E-state index in [-0.39, 0.29) is 17.7 Å². The number of urea groups is 1. The van der Waals surface area contributed by atoms with Crippen molar-refractivity contribution in [1.29, 1.82) is 0 Å². The number of nitrogens with zero attached hydrogens (tertiary/aromatic N) is 2. The predicted octanol–water partition coefficient (Wildman–Crippen LogP) is 3.00. The molecule has 0 bridgehead atoms. The average molecular weight is 439 g/mol. The summed E-state index contributed by atoms with van der Waals surface area (Å²) in [6, 6.07) is 8.89. The number of fused-ring (bicyclic) bond motifs is 1. The number of rotatable bonds is 5. The molecule has 1 fully saturated rings. The molecule has 32 heavy (non-hydrogen) atoms. The maximum atomic E-state index is 12.5. The van der Waals surface area contributed by atoms with Crippen LogP contribution in [0.2, 0.25) is 0 Å². The molecule has 3 N–H and O–H groups in total. The van der Waals surface area contributed by atoms with E-state index in [9.17, 15) is 9.59 Å². The van der Waals surface area contributed by atoms with E-state index in [1.807, 2.05) is 30.3 Å². The van der Waals surface area contributed by atoms with Gasteiger partial charge in [0.2, 0.25) is 11.8 Å². The molecule has 9 heteroatoms. The molecule has 0 saturated carbocycles. The van der Waals surface area contributed by atoms with Crippen molar-refractivity contribution in [3.8, 4) is 17.2 Å². The number of imide groups is 1. The van der Waals surface area contributed by atoms with Crippen LogP contribution in [0.15, 0.2) is 34.7 Å². The van der Waals surface area contributed by atoms with E-state index in [0.717, 1.165) is 11.3 Å². The van der Waals surface area contributed by atoms with Gasteiger partial charge in [0.1, 0.15) is 11.3 Å². The first-order chi connectivity index (χ1) is 15.2. The Balaban J connectivity index is 1.89. The number of quaternary nitrogens is 1. The summed E-state index contributed by atoms with van der Waals surface area (Å²) in [7, 11) is 3.19. The SMILES string of the molecule is CO[NH2+]c1ccc2nc(-c3cc(N4CCC(=O)NC4=O)cc(C(C)(C)C)c3OC)oc2c1. The fourth-order valence-electron chi connectivity index (χ4n) is 3.78. The van der Waals surface area contributed by atoms with Crippen molar-refractivity contribution < 1.29 is 29.1 Å². The van der Waals surface area contributed by atoms with Gasteiger partial charge in [-0.15, -0.1) is 0 Å². The number of oxazole rings is 1. The molecule has 0 aliphatic carbocycles. The maximum Gasteiger partial charge on any atom is 0.328 e. The van der Waals surface area contributed by atoms with Crippen molar-refractivity contribution in [1.82, 2.24) is 10.3 Å². The molecule has 0 unspecified atom stereocenters. The Morgan fingerprint density at radius 3 is 2.59 bits per heavy atom. The van der Waals surface area contributed by atoms with Crippen LogP contribution >= 0.6 is 0 Å². The first kappa shape index (κ1) is 21.8. The number of nitrogens with two attached hydrogens (primary N) is 1. The smallest absolute Gasteiger partial charge is 0.328 e.